The Morgan fingerprint density at radius 3 is 2.79 bits per heavy atom. The molecule has 1 N–H and O–H groups in total. The zero-order chi connectivity index (χ0) is 14.0. The van der Waals surface area contributed by atoms with Gasteiger partial charge in [0, 0.05) is 6.42 Å². The molecule has 19 heavy (non-hydrogen) atoms. The number of rotatable bonds is 5. The van der Waals surface area contributed by atoms with Gasteiger partial charge >= 0.3 is 6.01 Å². The first-order chi connectivity index (χ1) is 8.88. The van der Waals surface area contributed by atoms with Crippen LogP contribution in [0.15, 0.2) is 20.1 Å². The molecule has 0 bridgehead atoms. The molecule has 0 atom stereocenters. The number of thiophene rings is 1. The SMILES string of the molecule is CC(C)Cc1nnc(NS(=O)(=O)c2sccc2Cl)o1. The summed E-state index contributed by atoms with van der Waals surface area (Å²) in [7, 11) is -3.78. The van der Waals surface area contributed by atoms with Crippen molar-refractivity contribution in [2.75, 3.05) is 4.72 Å². The summed E-state index contributed by atoms with van der Waals surface area (Å²) < 4.78 is 31.5. The zero-order valence-corrected chi connectivity index (χ0v) is 12.6. The number of hydrogen-bond donors (Lipinski definition) is 1. The predicted molar refractivity (Wildman–Crippen MR) is 73.0 cm³/mol. The summed E-state index contributed by atoms with van der Waals surface area (Å²) >= 11 is 6.81. The highest BCUT2D eigenvalue weighted by molar-refractivity contribution is 7.94. The summed E-state index contributed by atoms with van der Waals surface area (Å²) in [5.74, 6) is 0.738. The molecule has 2 aromatic rings. The van der Waals surface area contributed by atoms with Gasteiger partial charge in [-0.2, -0.15) is 0 Å². The molecule has 0 radical (unpaired) electrons. The van der Waals surface area contributed by atoms with E-state index in [0.29, 0.717) is 18.2 Å². The fraction of sp³-hybridized carbons (Fsp3) is 0.400. The molecule has 0 aliphatic rings. The lowest BCUT2D eigenvalue weighted by Crippen LogP contribution is -2.12. The minimum Gasteiger partial charge on any atom is -0.407 e. The second-order valence-electron chi connectivity index (χ2n) is 4.26. The van der Waals surface area contributed by atoms with E-state index in [1.165, 1.54) is 6.07 Å². The van der Waals surface area contributed by atoms with Crippen LogP contribution in [0.5, 0.6) is 0 Å². The number of sulfonamides is 1. The normalized spacial score (nSPS) is 12.0. The summed E-state index contributed by atoms with van der Waals surface area (Å²) in [6.07, 6.45) is 0.592. The second kappa shape index (κ2) is 5.48. The average molecular weight is 322 g/mol. The van der Waals surface area contributed by atoms with Crippen LogP contribution in [-0.2, 0) is 16.4 Å². The summed E-state index contributed by atoms with van der Waals surface area (Å²) in [6.45, 7) is 4.00. The molecule has 9 heteroatoms. The molecule has 0 aliphatic carbocycles. The summed E-state index contributed by atoms with van der Waals surface area (Å²) in [6, 6.07) is 1.36. The highest BCUT2D eigenvalue weighted by atomic mass is 35.5. The molecule has 0 aromatic carbocycles. The van der Waals surface area contributed by atoms with E-state index in [9.17, 15) is 8.42 Å². The second-order valence-corrected chi connectivity index (χ2v) is 7.46. The topological polar surface area (TPSA) is 85.1 Å². The molecular weight excluding hydrogens is 310 g/mol. The Labute approximate surface area is 119 Å². The fourth-order valence-electron chi connectivity index (χ4n) is 1.36. The minimum absolute atomic E-state index is 0.0257. The third kappa shape index (κ3) is 3.46. The molecule has 0 saturated heterocycles. The fourth-order valence-corrected chi connectivity index (χ4v) is 3.97. The molecule has 104 valence electrons. The van der Waals surface area contributed by atoms with Gasteiger partial charge in [0.15, 0.2) is 4.21 Å². The number of nitrogens with zero attached hydrogens (tertiary/aromatic N) is 2. The Hall–Kier alpha value is -1.12. The highest BCUT2D eigenvalue weighted by Gasteiger charge is 2.22. The van der Waals surface area contributed by atoms with E-state index in [2.05, 4.69) is 14.9 Å². The maximum absolute atomic E-state index is 12.0. The van der Waals surface area contributed by atoms with E-state index in [4.69, 9.17) is 16.0 Å². The van der Waals surface area contributed by atoms with E-state index in [1.807, 2.05) is 13.8 Å². The van der Waals surface area contributed by atoms with Crippen LogP contribution in [0, 0.1) is 5.92 Å². The van der Waals surface area contributed by atoms with Crippen molar-refractivity contribution in [1.82, 2.24) is 10.2 Å². The Morgan fingerprint density at radius 1 is 1.47 bits per heavy atom. The van der Waals surface area contributed by atoms with Gasteiger partial charge in [0.05, 0.1) is 5.02 Å². The van der Waals surface area contributed by atoms with Gasteiger partial charge in [-0.1, -0.05) is 30.5 Å². The summed E-state index contributed by atoms with van der Waals surface area (Å²) in [5, 5.41) is 9.18. The van der Waals surface area contributed by atoms with Gasteiger partial charge in [0.2, 0.25) is 5.89 Å². The summed E-state index contributed by atoms with van der Waals surface area (Å²) in [4.78, 5) is 0. The molecular formula is C10H12ClN3O3S2. The lowest BCUT2D eigenvalue weighted by atomic mass is 10.1. The van der Waals surface area contributed by atoms with Crippen molar-refractivity contribution in [3.63, 3.8) is 0 Å². The van der Waals surface area contributed by atoms with Crippen molar-refractivity contribution in [3.05, 3.63) is 22.4 Å². The number of halogens is 1. The highest BCUT2D eigenvalue weighted by Crippen LogP contribution is 2.28. The van der Waals surface area contributed by atoms with E-state index in [1.54, 1.807) is 5.38 Å². The first-order valence-electron chi connectivity index (χ1n) is 5.46. The number of nitrogens with one attached hydrogen (secondary N) is 1. The minimum atomic E-state index is -3.78. The lowest BCUT2D eigenvalue weighted by molar-refractivity contribution is 0.468. The maximum Gasteiger partial charge on any atom is 0.329 e. The third-order valence-corrected chi connectivity index (χ3v) is 5.44. The third-order valence-electron chi connectivity index (χ3n) is 2.10. The number of hydrogen-bond acceptors (Lipinski definition) is 6. The zero-order valence-electron chi connectivity index (χ0n) is 10.3. The number of anilines is 1. The van der Waals surface area contributed by atoms with Crippen molar-refractivity contribution in [2.24, 2.45) is 5.92 Å². The summed E-state index contributed by atoms with van der Waals surface area (Å²) in [5.41, 5.74) is 0. The van der Waals surface area contributed by atoms with Gasteiger partial charge in [-0.05, 0) is 17.4 Å². The molecule has 6 nitrogen and oxygen atoms in total. The van der Waals surface area contributed by atoms with Gasteiger partial charge < -0.3 is 4.42 Å². The van der Waals surface area contributed by atoms with Crippen LogP contribution >= 0.6 is 22.9 Å². The lowest BCUT2D eigenvalue weighted by Gasteiger charge is -2.01. The van der Waals surface area contributed by atoms with Crippen molar-refractivity contribution >= 4 is 39.0 Å². The first-order valence-corrected chi connectivity index (χ1v) is 8.21. The van der Waals surface area contributed by atoms with Crippen LogP contribution in [-0.4, -0.2) is 18.6 Å². The molecule has 0 spiro atoms. The van der Waals surface area contributed by atoms with Crippen LogP contribution < -0.4 is 4.72 Å². The molecule has 2 aromatic heterocycles. The van der Waals surface area contributed by atoms with Crippen LogP contribution in [0.1, 0.15) is 19.7 Å². The van der Waals surface area contributed by atoms with Crippen LogP contribution in [0.3, 0.4) is 0 Å². The van der Waals surface area contributed by atoms with Crippen LogP contribution in [0.25, 0.3) is 0 Å². The molecule has 0 saturated carbocycles. The average Bonchev–Trinajstić information content (AvgIpc) is 2.86. The largest absolute Gasteiger partial charge is 0.407 e. The monoisotopic (exact) mass is 321 g/mol. The van der Waals surface area contributed by atoms with Crippen molar-refractivity contribution in [3.8, 4) is 0 Å². The number of aromatic nitrogens is 2. The molecule has 0 amide bonds. The Bertz CT molecular complexity index is 663. The van der Waals surface area contributed by atoms with Gasteiger partial charge in [-0.25, -0.2) is 13.1 Å². The van der Waals surface area contributed by atoms with Gasteiger partial charge in [-0.3, -0.25) is 0 Å². The molecule has 2 heterocycles. The van der Waals surface area contributed by atoms with Gasteiger partial charge in [0.25, 0.3) is 10.0 Å². The van der Waals surface area contributed by atoms with Crippen molar-refractivity contribution in [1.29, 1.82) is 0 Å². The predicted octanol–water partition coefficient (Wildman–Crippen LogP) is 2.78. The van der Waals surface area contributed by atoms with Crippen molar-refractivity contribution < 1.29 is 12.8 Å². The molecule has 0 aliphatic heterocycles. The Kier molecular flexibility index (Phi) is 4.12. The standard InChI is InChI=1S/C10H12ClN3O3S2/c1-6(2)5-8-12-13-10(17-8)14-19(15,16)9-7(11)3-4-18-9/h3-4,6H,5H2,1-2H3,(H,13,14). The molecule has 0 unspecified atom stereocenters. The molecule has 0 fully saturated rings. The smallest absolute Gasteiger partial charge is 0.329 e. The van der Waals surface area contributed by atoms with Gasteiger partial charge in [0.1, 0.15) is 0 Å². The maximum atomic E-state index is 12.0. The first kappa shape index (κ1) is 14.3. The van der Waals surface area contributed by atoms with E-state index in [-0.39, 0.29) is 15.2 Å². The van der Waals surface area contributed by atoms with E-state index >= 15 is 0 Å². The van der Waals surface area contributed by atoms with Crippen LogP contribution in [0.4, 0.5) is 6.01 Å². The van der Waals surface area contributed by atoms with E-state index < -0.39 is 10.0 Å². The quantitative estimate of drug-likeness (QED) is 0.915. The van der Waals surface area contributed by atoms with E-state index in [0.717, 1.165) is 11.3 Å². The Morgan fingerprint density at radius 2 is 2.21 bits per heavy atom. The van der Waals surface area contributed by atoms with Gasteiger partial charge in [-0.15, -0.1) is 16.4 Å². The van der Waals surface area contributed by atoms with Crippen LogP contribution in [0.2, 0.25) is 5.02 Å². The Balaban J connectivity index is 2.17. The molecule has 2 rings (SSSR count). The van der Waals surface area contributed by atoms with Crippen molar-refractivity contribution in [2.45, 2.75) is 24.5 Å².